The van der Waals surface area contributed by atoms with E-state index < -0.39 is 24.9 Å². The second-order valence-corrected chi connectivity index (χ2v) is 8.77. The Hall–Kier alpha value is -1.08. The molecule has 0 amide bonds. The standard InChI is InChI=1S/C11H17NO4S2/c1-9(2)10-4-6-11(7-5-10)12-18(15,16)8-17(3,13)14/h4-7,9,12H,8H2,1-3H3. The maximum Gasteiger partial charge on any atom is 0.247 e. The largest absolute Gasteiger partial charge is 0.283 e. The fourth-order valence-corrected chi connectivity index (χ4v) is 4.41. The lowest BCUT2D eigenvalue weighted by molar-refractivity contribution is 0.595. The van der Waals surface area contributed by atoms with Gasteiger partial charge in [-0.1, -0.05) is 26.0 Å². The summed E-state index contributed by atoms with van der Waals surface area (Å²) < 4.78 is 47.2. The summed E-state index contributed by atoms with van der Waals surface area (Å²) in [6.45, 7) is 4.06. The maximum atomic E-state index is 11.5. The van der Waals surface area contributed by atoms with Gasteiger partial charge >= 0.3 is 0 Å². The number of benzene rings is 1. The van der Waals surface area contributed by atoms with Gasteiger partial charge in [-0.05, 0) is 23.6 Å². The van der Waals surface area contributed by atoms with Gasteiger partial charge < -0.3 is 0 Å². The van der Waals surface area contributed by atoms with Crippen LogP contribution in [0, 0.1) is 0 Å². The van der Waals surface area contributed by atoms with Crippen molar-refractivity contribution in [2.45, 2.75) is 19.8 Å². The van der Waals surface area contributed by atoms with Gasteiger partial charge in [-0.25, -0.2) is 16.8 Å². The molecule has 102 valence electrons. The van der Waals surface area contributed by atoms with E-state index in [2.05, 4.69) is 4.72 Å². The molecule has 1 rings (SSSR count). The van der Waals surface area contributed by atoms with Crippen molar-refractivity contribution in [2.24, 2.45) is 0 Å². The number of hydrogen-bond acceptors (Lipinski definition) is 4. The van der Waals surface area contributed by atoms with Crippen LogP contribution in [0.3, 0.4) is 0 Å². The van der Waals surface area contributed by atoms with Crippen molar-refractivity contribution in [3.05, 3.63) is 29.8 Å². The van der Waals surface area contributed by atoms with Crippen molar-refractivity contribution in [2.75, 3.05) is 16.1 Å². The molecule has 0 radical (unpaired) electrons. The predicted molar refractivity (Wildman–Crippen MR) is 72.8 cm³/mol. The number of nitrogens with one attached hydrogen (secondary N) is 1. The number of anilines is 1. The highest BCUT2D eigenvalue weighted by Crippen LogP contribution is 2.18. The second-order valence-electron chi connectivity index (χ2n) is 4.54. The first-order chi connectivity index (χ1) is 8.09. The minimum Gasteiger partial charge on any atom is -0.283 e. The smallest absolute Gasteiger partial charge is 0.247 e. The maximum absolute atomic E-state index is 11.5. The van der Waals surface area contributed by atoms with Gasteiger partial charge in [0.05, 0.1) is 0 Å². The Morgan fingerprint density at radius 2 is 1.56 bits per heavy atom. The summed E-state index contributed by atoms with van der Waals surface area (Å²) in [7, 11) is -7.44. The zero-order chi connectivity index (χ0) is 14.0. The fraction of sp³-hybridized carbons (Fsp3) is 0.455. The Balaban J connectivity index is 2.85. The Morgan fingerprint density at radius 1 is 1.06 bits per heavy atom. The molecular formula is C11H17NO4S2. The van der Waals surface area contributed by atoms with E-state index in [-0.39, 0.29) is 0 Å². The molecule has 1 N–H and O–H groups in total. The second kappa shape index (κ2) is 5.27. The van der Waals surface area contributed by atoms with Crippen molar-refractivity contribution < 1.29 is 16.8 Å². The van der Waals surface area contributed by atoms with Crippen LogP contribution >= 0.6 is 0 Å². The van der Waals surface area contributed by atoms with Gasteiger partial charge in [-0.3, -0.25) is 4.72 Å². The van der Waals surface area contributed by atoms with Crippen LogP contribution in [0.4, 0.5) is 5.69 Å². The highest BCUT2D eigenvalue weighted by atomic mass is 32.3. The molecule has 1 aromatic rings. The van der Waals surface area contributed by atoms with Gasteiger partial charge in [0.2, 0.25) is 10.0 Å². The van der Waals surface area contributed by atoms with Gasteiger partial charge in [0, 0.05) is 11.9 Å². The molecule has 0 aliphatic carbocycles. The highest BCUT2D eigenvalue weighted by Gasteiger charge is 2.17. The van der Waals surface area contributed by atoms with Crippen molar-refractivity contribution >= 4 is 25.5 Å². The summed E-state index contributed by atoms with van der Waals surface area (Å²) in [5, 5.41) is -0.911. The summed E-state index contributed by atoms with van der Waals surface area (Å²) in [6, 6.07) is 6.86. The van der Waals surface area contributed by atoms with Gasteiger partial charge in [0.25, 0.3) is 0 Å². The third-order valence-corrected chi connectivity index (χ3v) is 5.72. The molecule has 0 fully saturated rings. The molecule has 5 nitrogen and oxygen atoms in total. The first-order valence-electron chi connectivity index (χ1n) is 5.37. The van der Waals surface area contributed by atoms with Gasteiger partial charge in [0.1, 0.15) is 0 Å². The molecule has 1 aromatic carbocycles. The van der Waals surface area contributed by atoms with E-state index in [1.165, 1.54) is 0 Å². The van der Waals surface area contributed by atoms with Gasteiger partial charge in [-0.2, -0.15) is 0 Å². The molecule has 7 heteroatoms. The molecular weight excluding hydrogens is 274 g/mol. The quantitative estimate of drug-likeness (QED) is 0.892. The topological polar surface area (TPSA) is 80.3 Å². The number of sulfone groups is 1. The molecule has 18 heavy (non-hydrogen) atoms. The molecule has 0 unspecified atom stereocenters. The first kappa shape index (κ1) is 15.0. The molecule has 0 aromatic heterocycles. The normalized spacial score (nSPS) is 12.7. The zero-order valence-electron chi connectivity index (χ0n) is 10.5. The highest BCUT2D eigenvalue weighted by molar-refractivity contribution is 8.08. The third kappa shape index (κ3) is 5.05. The van der Waals surface area contributed by atoms with E-state index in [9.17, 15) is 16.8 Å². The average molecular weight is 291 g/mol. The van der Waals surface area contributed by atoms with Crippen LogP contribution in [0.25, 0.3) is 0 Å². The lowest BCUT2D eigenvalue weighted by atomic mass is 10.0. The monoisotopic (exact) mass is 291 g/mol. The van der Waals surface area contributed by atoms with E-state index in [4.69, 9.17) is 0 Å². The summed E-state index contributed by atoms with van der Waals surface area (Å²) in [4.78, 5) is 0. The van der Waals surface area contributed by atoms with Crippen LogP contribution in [-0.4, -0.2) is 28.2 Å². The van der Waals surface area contributed by atoms with Crippen molar-refractivity contribution in [1.82, 2.24) is 0 Å². The summed E-state index contributed by atoms with van der Waals surface area (Å²) in [5.41, 5.74) is 1.45. The Labute approximate surface area is 108 Å². The molecule has 0 aliphatic rings. The minimum atomic E-state index is -3.86. The van der Waals surface area contributed by atoms with Crippen LogP contribution in [0.2, 0.25) is 0 Å². The number of rotatable bonds is 5. The van der Waals surface area contributed by atoms with Crippen LogP contribution in [0.1, 0.15) is 25.3 Å². The molecule has 0 heterocycles. The predicted octanol–water partition coefficient (Wildman–Crippen LogP) is 1.55. The van der Waals surface area contributed by atoms with E-state index in [1.54, 1.807) is 12.1 Å². The lowest BCUT2D eigenvalue weighted by Gasteiger charge is -2.09. The van der Waals surface area contributed by atoms with Crippen molar-refractivity contribution in [1.29, 1.82) is 0 Å². The van der Waals surface area contributed by atoms with Gasteiger partial charge in [-0.15, -0.1) is 0 Å². The first-order valence-corrected chi connectivity index (χ1v) is 9.08. The summed E-state index contributed by atoms with van der Waals surface area (Å²) >= 11 is 0. The zero-order valence-corrected chi connectivity index (χ0v) is 12.2. The van der Waals surface area contributed by atoms with Crippen LogP contribution in [-0.2, 0) is 19.9 Å². The van der Waals surface area contributed by atoms with E-state index in [0.29, 0.717) is 11.6 Å². The fourth-order valence-electron chi connectivity index (χ4n) is 1.43. The van der Waals surface area contributed by atoms with Crippen LogP contribution < -0.4 is 4.72 Å². The molecule has 0 bridgehead atoms. The lowest BCUT2D eigenvalue weighted by Crippen LogP contribution is -2.22. The third-order valence-electron chi connectivity index (χ3n) is 2.22. The molecule has 0 saturated heterocycles. The average Bonchev–Trinajstić information content (AvgIpc) is 2.13. The SMILES string of the molecule is CC(C)c1ccc(NS(=O)(=O)CS(C)(=O)=O)cc1. The summed E-state index contributed by atoms with van der Waals surface area (Å²) in [5.74, 6) is 0.353. The molecule has 0 saturated carbocycles. The van der Waals surface area contributed by atoms with E-state index >= 15 is 0 Å². The Morgan fingerprint density at radius 3 is 1.94 bits per heavy atom. The van der Waals surface area contributed by atoms with E-state index in [0.717, 1.165) is 11.8 Å². The Kier molecular flexibility index (Phi) is 4.39. The molecule has 0 aliphatic heterocycles. The molecule has 0 atom stereocenters. The minimum absolute atomic E-state index is 0.353. The molecule has 0 spiro atoms. The van der Waals surface area contributed by atoms with Crippen molar-refractivity contribution in [3.8, 4) is 0 Å². The Bertz CT molecular complexity index is 601. The van der Waals surface area contributed by atoms with Crippen LogP contribution in [0.15, 0.2) is 24.3 Å². The van der Waals surface area contributed by atoms with E-state index in [1.807, 2.05) is 26.0 Å². The van der Waals surface area contributed by atoms with Crippen molar-refractivity contribution in [3.63, 3.8) is 0 Å². The number of hydrogen-bond donors (Lipinski definition) is 1. The number of sulfonamides is 1. The van der Waals surface area contributed by atoms with Crippen LogP contribution in [0.5, 0.6) is 0 Å². The van der Waals surface area contributed by atoms with Gasteiger partial charge in [0.15, 0.2) is 14.9 Å². The summed E-state index contributed by atoms with van der Waals surface area (Å²) in [6.07, 6.45) is 0.883.